The minimum Gasteiger partial charge on any atom is -0.352 e. The predicted octanol–water partition coefficient (Wildman–Crippen LogP) is 3.05. The summed E-state index contributed by atoms with van der Waals surface area (Å²) in [7, 11) is 0. The average molecular weight is 353 g/mol. The number of likely N-dealkylation sites (tertiary alicyclic amines) is 1. The first-order chi connectivity index (χ1) is 12.6. The van der Waals surface area contributed by atoms with Crippen molar-refractivity contribution < 1.29 is 9.72 Å². The number of nitrogens with one attached hydrogen (secondary N) is 1. The second-order valence-electron chi connectivity index (χ2n) is 6.64. The lowest BCUT2D eigenvalue weighted by Gasteiger charge is -2.14. The molecule has 0 radical (unpaired) electrons. The lowest BCUT2D eigenvalue weighted by molar-refractivity contribution is -0.385. The van der Waals surface area contributed by atoms with E-state index >= 15 is 0 Å². The highest BCUT2D eigenvalue weighted by atomic mass is 16.6. The topological polar surface area (TPSA) is 75.5 Å². The van der Waals surface area contributed by atoms with Crippen LogP contribution >= 0.6 is 0 Å². The van der Waals surface area contributed by atoms with E-state index in [4.69, 9.17) is 0 Å². The summed E-state index contributed by atoms with van der Waals surface area (Å²) >= 11 is 0. The molecule has 1 N–H and O–H groups in total. The lowest BCUT2D eigenvalue weighted by Crippen LogP contribution is -2.25. The SMILES string of the molecule is O=C(Cc1ccccc1[N+](=O)[O-])NCc1ccc(CN2CCCC2)cc1. The largest absolute Gasteiger partial charge is 0.352 e. The molecule has 1 aliphatic rings. The van der Waals surface area contributed by atoms with Crippen LogP contribution in [-0.2, 0) is 24.3 Å². The first-order valence-electron chi connectivity index (χ1n) is 8.91. The van der Waals surface area contributed by atoms with Gasteiger partial charge in [0.05, 0.1) is 11.3 Å². The van der Waals surface area contributed by atoms with Crippen LogP contribution in [0.3, 0.4) is 0 Å². The van der Waals surface area contributed by atoms with E-state index < -0.39 is 4.92 Å². The fourth-order valence-electron chi connectivity index (χ4n) is 3.24. The van der Waals surface area contributed by atoms with Gasteiger partial charge in [-0.1, -0.05) is 42.5 Å². The number of rotatable bonds is 7. The molecule has 1 saturated heterocycles. The van der Waals surface area contributed by atoms with Crippen molar-refractivity contribution in [3.8, 4) is 0 Å². The van der Waals surface area contributed by atoms with Crippen LogP contribution in [0.4, 0.5) is 5.69 Å². The molecule has 1 aliphatic heterocycles. The highest BCUT2D eigenvalue weighted by molar-refractivity contribution is 5.79. The number of para-hydroxylation sites is 1. The third kappa shape index (κ3) is 4.89. The molecule has 3 rings (SSSR count). The number of carbonyl (C=O) groups is 1. The molecule has 0 bridgehead atoms. The number of amides is 1. The van der Waals surface area contributed by atoms with Crippen LogP contribution in [0, 0.1) is 10.1 Å². The Morgan fingerprint density at radius 2 is 1.69 bits per heavy atom. The quantitative estimate of drug-likeness (QED) is 0.613. The van der Waals surface area contributed by atoms with Crippen molar-refractivity contribution in [2.24, 2.45) is 0 Å². The molecule has 136 valence electrons. The smallest absolute Gasteiger partial charge is 0.273 e. The molecule has 1 heterocycles. The van der Waals surface area contributed by atoms with Crippen molar-refractivity contribution in [3.63, 3.8) is 0 Å². The summed E-state index contributed by atoms with van der Waals surface area (Å²) < 4.78 is 0. The first kappa shape index (κ1) is 18.1. The van der Waals surface area contributed by atoms with Gasteiger partial charge in [0.2, 0.25) is 5.91 Å². The number of hydrogen-bond donors (Lipinski definition) is 1. The Labute approximate surface area is 153 Å². The molecular formula is C20H23N3O3. The molecule has 2 aromatic carbocycles. The Hall–Kier alpha value is -2.73. The first-order valence-corrected chi connectivity index (χ1v) is 8.91. The zero-order chi connectivity index (χ0) is 18.4. The molecule has 1 amide bonds. The van der Waals surface area contributed by atoms with Gasteiger partial charge in [0, 0.05) is 24.7 Å². The van der Waals surface area contributed by atoms with Gasteiger partial charge in [-0.3, -0.25) is 19.8 Å². The molecule has 0 atom stereocenters. The minimum absolute atomic E-state index is 0.00416. The van der Waals surface area contributed by atoms with Crippen LogP contribution in [-0.4, -0.2) is 28.8 Å². The van der Waals surface area contributed by atoms with E-state index in [-0.39, 0.29) is 18.0 Å². The van der Waals surface area contributed by atoms with Crippen LogP contribution < -0.4 is 5.32 Å². The Morgan fingerprint density at radius 1 is 1.04 bits per heavy atom. The minimum atomic E-state index is -0.457. The third-order valence-corrected chi connectivity index (χ3v) is 4.66. The van der Waals surface area contributed by atoms with E-state index in [0.29, 0.717) is 12.1 Å². The molecular weight excluding hydrogens is 330 g/mol. The van der Waals surface area contributed by atoms with Gasteiger partial charge >= 0.3 is 0 Å². The van der Waals surface area contributed by atoms with Gasteiger partial charge in [-0.2, -0.15) is 0 Å². The van der Waals surface area contributed by atoms with Crippen LogP contribution in [0.1, 0.15) is 29.5 Å². The molecule has 0 spiro atoms. The van der Waals surface area contributed by atoms with Gasteiger partial charge in [-0.15, -0.1) is 0 Å². The van der Waals surface area contributed by atoms with E-state index in [2.05, 4.69) is 22.3 Å². The summed E-state index contributed by atoms with van der Waals surface area (Å²) in [5.74, 6) is -0.222. The van der Waals surface area contributed by atoms with Crippen LogP contribution in [0.15, 0.2) is 48.5 Å². The van der Waals surface area contributed by atoms with Gasteiger partial charge < -0.3 is 5.32 Å². The van der Waals surface area contributed by atoms with Crippen molar-refractivity contribution in [2.45, 2.75) is 32.4 Å². The van der Waals surface area contributed by atoms with Crippen molar-refractivity contribution in [2.75, 3.05) is 13.1 Å². The lowest BCUT2D eigenvalue weighted by atomic mass is 10.1. The molecule has 6 heteroatoms. The Morgan fingerprint density at radius 3 is 2.38 bits per heavy atom. The van der Waals surface area contributed by atoms with Gasteiger partial charge in [0.1, 0.15) is 0 Å². The maximum atomic E-state index is 12.1. The maximum absolute atomic E-state index is 12.1. The average Bonchev–Trinajstić information content (AvgIpc) is 3.14. The zero-order valence-corrected chi connectivity index (χ0v) is 14.7. The molecule has 6 nitrogen and oxygen atoms in total. The number of nitro benzene ring substituents is 1. The fraction of sp³-hybridized carbons (Fsp3) is 0.350. The van der Waals surface area contributed by atoms with Crippen LogP contribution in [0.2, 0.25) is 0 Å². The second kappa shape index (κ2) is 8.58. The van der Waals surface area contributed by atoms with E-state index in [0.717, 1.165) is 12.1 Å². The number of carbonyl (C=O) groups excluding carboxylic acids is 1. The second-order valence-corrected chi connectivity index (χ2v) is 6.64. The zero-order valence-electron chi connectivity index (χ0n) is 14.7. The summed E-state index contributed by atoms with van der Waals surface area (Å²) in [6.07, 6.45) is 2.57. The number of nitrogens with zero attached hydrogens (tertiary/aromatic N) is 2. The fourth-order valence-corrected chi connectivity index (χ4v) is 3.24. The molecule has 0 unspecified atom stereocenters. The molecule has 1 fully saturated rings. The Kier molecular flexibility index (Phi) is 5.96. The number of benzene rings is 2. The van der Waals surface area contributed by atoms with Crippen molar-refractivity contribution in [1.82, 2.24) is 10.2 Å². The monoisotopic (exact) mass is 353 g/mol. The summed E-state index contributed by atoms with van der Waals surface area (Å²) in [6, 6.07) is 14.6. The molecule has 0 aromatic heterocycles. The van der Waals surface area contributed by atoms with E-state index in [9.17, 15) is 14.9 Å². The summed E-state index contributed by atoms with van der Waals surface area (Å²) in [5, 5.41) is 13.8. The number of nitro groups is 1. The van der Waals surface area contributed by atoms with Gasteiger partial charge in [-0.05, 0) is 37.1 Å². The standard InChI is InChI=1S/C20H23N3O3/c24-20(13-18-5-1-2-6-19(18)23(25)26)21-14-16-7-9-17(10-8-16)15-22-11-3-4-12-22/h1-2,5-10H,3-4,11-15H2,(H,21,24). The van der Waals surface area contributed by atoms with Gasteiger partial charge in [0.25, 0.3) is 5.69 Å². The van der Waals surface area contributed by atoms with Crippen molar-refractivity contribution in [3.05, 3.63) is 75.3 Å². The van der Waals surface area contributed by atoms with Crippen LogP contribution in [0.5, 0.6) is 0 Å². The highest BCUT2D eigenvalue weighted by Crippen LogP contribution is 2.18. The van der Waals surface area contributed by atoms with Gasteiger partial charge in [-0.25, -0.2) is 0 Å². The maximum Gasteiger partial charge on any atom is 0.273 e. The summed E-state index contributed by atoms with van der Waals surface area (Å²) in [5.41, 5.74) is 2.71. The molecule has 2 aromatic rings. The normalized spacial score (nSPS) is 14.3. The Balaban J connectivity index is 1.50. The Bertz CT molecular complexity index is 768. The summed E-state index contributed by atoms with van der Waals surface area (Å²) in [6.45, 7) is 3.74. The van der Waals surface area contributed by atoms with E-state index in [1.165, 1.54) is 37.6 Å². The molecule has 0 aliphatic carbocycles. The predicted molar refractivity (Wildman–Crippen MR) is 99.6 cm³/mol. The van der Waals surface area contributed by atoms with Crippen molar-refractivity contribution >= 4 is 11.6 Å². The van der Waals surface area contributed by atoms with Crippen LogP contribution in [0.25, 0.3) is 0 Å². The number of hydrogen-bond acceptors (Lipinski definition) is 4. The summed E-state index contributed by atoms with van der Waals surface area (Å²) in [4.78, 5) is 25.1. The molecule has 0 saturated carbocycles. The molecule has 26 heavy (non-hydrogen) atoms. The highest BCUT2D eigenvalue weighted by Gasteiger charge is 2.15. The van der Waals surface area contributed by atoms with Gasteiger partial charge in [0.15, 0.2) is 0 Å². The van der Waals surface area contributed by atoms with E-state index in [1.807, 2.05) is 12.1 Å². The third-order valence-electron chi connectivity index (χ3n) is 4.66. The van der Waals surface area contributed by atoms with E-state index in [1.54, 1.807) is 18.2 Å². The van der Waals surface area contributed by atoms with Crippen molar-refractivity contribution in [1.29, 1.82) is 0 Å².